The van der Waals surface area contributed by atoms with E-state index < -0.39 is 28.8 Å². The summed E-state index contributed by atoms with van der Waals surface area (Å²) in [6.45, 7) is 7.27. The molecule has 0 bridgehead atoms. The van der Waals surface area contributed by atoms with Gasteiger partial charge in [-0.1, -0.05) is 0 Å². The van der Waals surface area contributed by atoms with Crippen LogP contribution in [0.1, 0.15) is 43.6 Å². The molecule has 5 nitrogen and oxygen atoms in total. The largest absolute Gasteiger partial charge is 0.477 e. The highest BCUT2D eigenvalue weighted by Gasteiger charge is 2.28. The Bertz CT molecular complexity index is 668. The first-order chi connectivity index (χ1) is 9.12. The summed E-state index contributed by atoms with van der Waals surface area (Å²) >= 11 is 0. The second-order valence-corrected chi connectivity index (χ2v) is 5.88. The Morgan fingerprint density at radius 3 is 2.55 bits per heavy atom. The molecule has 0 fully saturated rings. The molecule has 1 atom stereocenters. The molecule has 0 spiro atoms. The van der Waals surface area contributed by atoms with Gasteiger partial charge in [-0.05, 0) is 33.8 Å². The maximum atomic E-state index is 13.7. The number of aromatic carboxylic acids is 1. The van der Waals surface area contributed by atoms with Gasteiger partial charge in [-0.2, -0.15) is 0 Å². The van der Waals surface area contributed by atoms with Crippen LogP contribution in [0.25, 0.3) is 6.08 Å². The smallest absolute Gasteiger partial charge is 0.341 e. The molecule has 108 valence electrons. The Balaban J connectivity index is 2.86. The van der Waals surface area contributed by atoms with E-state index in [2.05, 4.69) is 5.32 Å². The third kappa shape index (κ3) is 2.21. The summed E-state index contributed by atoms with van der Waals surface area (Å²) in [6, 6.07) is -0.550. The first kappa shape index (κ1) is 14.3. The van der Waals surface area contributed by atoms with Crippen LogP contribution in [0.2, 0.25) is 0 Å². The summed E-state index contributed by atoms with van der Waals surface area (Å²) in [5.74, 6) is -1.36. The maximum Gasteiger partial charge on any atom is 0.341 e. The van der Waals surface area contributed by atoms with Crippen LogP contribution in [0, 0.1) is 0 Å². The minimum atomic E-state index is -1.32. The molecule has 0 radical (unpaired) electrons. The van der Waals surface area contributed by atoms with Gasteiger partial charge in [0.15, 0.2) is 0 Å². The van der Waals surface area contributed by atoms with E-state index in [0.29, 0.717) is 5.82 Å². The second kappa shape index (κ2) is 4.47. The Morgan fingerprint density at radius 2 is 2.05 bits per heavy atom. The van der Waals surface area contributed by atoms with Gasteiger partial charge in [-0.25, -0.2) is 9.18 Å². The third-order valence-electron chi connectivity index (χ3n) is 3.25. The van der Waals surface area contributed by atoms with Crippen molar-refractivity contribution in [2.45, 2.75) is 39.3 Å². The van der Waals surface area contributed by atoms with Crippen molar-refractivity contribution in [1.82, 2.24) is 4.57 Å². The van der Waals surface area contributed by atoms with Crippen molar-refractivity contribution in [2.24, 2.45) is 0 Å². The average molecular weight is 280 g/mol. The number of hydrogen-bond donors (Lipinski definition) is 2. The van der Waals surface area contributed by atoms with Gasteiger partial charge in [0.2, 0.25) is 5.43 Å². The fourth-order valence-corrected chi connectivity index (χ4v) is 2.13. The van der Waals surface area contributed by atoms with Crippen molar-refractivity contribution in [3.8, 4) is 0 Å². The quantitative estimate of drug-likeness (QED) is 0.828. The van der Waals surface area contributed by atoms with Crippen LogP contribution in [-0.2, 0) is 5.54 Å². The number of nitrogens with zero attached hydrogens (tertiary/aromatic N) is 1. The van der Waals surface area contributed by atoms with Crippen LogP contribution in [0.4, 0.5) is 10.2 Å². The van der Waals surface area contributed by atoms with E-state index in [9.17, 15) is 14.0 Å². The van der Waals surface area contributed by atoms with Crippen LogP contribution in [0.15, 0.2) is 16.8 Å². The highest BCUT2D eigenvalue weighted by Crippen LogP contribution is 2.30. The van der Waals surface area contributed by atoms with Gasteiger partial charge in [0.05, 0.1) is 11.6 Å². The fourth-order valence-electron chi connectivity index (χ4n) is 2.13. The van der Waals surface area contributed by atoms with Crippen molar-refractivity contribution in [2.75, 3.05) is 5.32 Å². The molecule has 0 aliphatic carbocycles. The van der Waals surface area contributed by atoms with Crippen LogP contribution >= 0.6 is 0 Å². The molecule has 0 aromatic carbocycles. The summed E-state index contributed by atoms with van der Waals surface area (Å²) in [4.78, 5) is 23.3. The van der Waals surface area contributed by atoms with Gasteiger partial charge in [0.1, 0.15) is 17.2 Å². The van der Waals surface area contributed by atoms with Crippen LogP contribution < -0.4 is 10.7 Å². The number of carboxylic acids is 1. The van der Waals surface area contributed by atoms with Gasteiger partial charge in [-0.3, -0.25) is 4.79 Å². The van der Waals surface area contributed by atoms with Crippen LogP contribution in [0.3, 0.4) is 0 Å². The Hall–Kier alpha value is -2.11. The van der Waals surface area contributed by atoms with E-state index in [1.807, 2.05) is 20.8 Å². The molecule has 1 unspecified atom stereocenters. The standard InChI is InChI=1S/C14H17FN2O3/c1-7-10(15)5-8-11(18)9(13(19)20)6-17(12(8)16-7)14(2,3)4/h5-7,16H,1-4H3,(H,19,20). The van der Waals surface area contributed by atoms with Crippen molar-refractivity contribution in [3.05, 3.63) is 33.4 Å². The molecule has 20 heavy (non-hydrogen) atoms. The monoisotopic (exact) mass is 280 g/mol. The summed E-state index contributed by atoms with van der Waals surface area (Å²) in [7, 11) is 0. The summed E-state index contributed by atoms with van der Waals surface area (Å²) in [6.07, 6.45) is 2.42. The number of carboxylic acid groups (broad SMARTS) is 1. The molecular formula is C14H17FN2O3. The van der Waals surface area contributed by atoms with E-state index in [-0.39, 0.29) is 11.1 Å². The minimum absolute atomic E-state index is 0.0513. The van der Waals surface area contributed by atoms with Gasteiger partial charge < -0.3 is 15.0 Å². The predicted octanol–water partition coefficient (Wildman–Crippen LogP) is 2.43. The molecule has 0 saturated heterocycles. The molecule has 2 rings (SSSR count). The highest BCUT2D eigenvalue weighted by atomic mass is 19.1. The molecule has 1 aliphatic rings. The van der Waals surface area contributed by atoms with Gasteiger partial charge in [0, 0.05) is 11.7 Å². The van der Waals surface area contributed by atoms with Crippen molar-refractivity contribution in [1.29, 1.82) is 0 Å². The van der Waals surface area contributed by atoms with Crippen LogP contribution in [-0.4, -0.2) is 21.7 Å². The molecule has 2 N–H and O–H groups in total. The lowest BCUT2D eigenvalue weighted by atomic mass is 10.0. The van der Waals surface area contributed by atoms with Gasteiger partial charge in [-0.15, -0.1) is 0 Å². The van der Waals surface area contributed by atoms with E-state index in [4.69, 9.17) is 5.11 Å². The molecule has 0 amide bonds. The van der Waals surface area contributed by atoms with Crippen LogP contribution in [0.5, 0.6) is 0 Å². The number of rotatable bonds is 1. The number of hydrogen-bond acceptors (Lipinski definition) is 3. The number of nitrogens with one attached hydrogen (secondary N) is 1. The Kier molecular flexibility index (Phi) is 3.20. The fraction of sp³-hybridized carbons (Fsp3) is 0.429. The van der Waals surface area contributed by atoms with Gasteiger partial charge >= 0.3 is 5.97 Å². The van der Waals surface area contributed by atoms with E-state index in [0.717, 1.165) is 6.08 Å². The maximum absolute atomic E-state index is 13.7. The zero-order valence-corrected chi connectivity index (χ0v) is 11.8. The second-order valence-electron chi connectivity index (χ2n) is 5.88. The van der Waals surface area contributed by atoms with Crippen molar-refractivity contribution in [3.63, 3.8) is 0 Å². The first-order valence-corrected chi connectivity index (χ1v) is 6.30. The molecule has 1 aromatic rings. The van der Waals surface area contributed by atoms with Crippen molar-refractivity contribution >= 4 is 17.9 Å². The molecule has 2 heterocycles. The molecule has 1 aromatic heterocycles. The summed E-state index contributed by atoms with van der Waals surface area (Å²) < 4.78 is 15.4. The molecular weight excluding hydrogens is 263 g/mol. The Morgan fingerprint density at radius 1 is 1.45 bits per heavy atom. The summed E-state index contributed by atoms with van der Waals surface area (Å²) in [5.41, 5.74) is -1.44. The lowest BCUT2D eigenvalue weighted by Gasteiger charge is -2.32. The highest BCUT2D eigenvalue weighted by molar-refractivity contribution is 5.89. The first-order valence-electron chi connectivity index (χ1n) is 6.30. The SMILES string of the molecule is CC1Nc2c(c(=O)c(C(=O)O)cn2C(C)(C)C)C=C1F. The zero-order chi connectivity index (χ0) is 15.2. The normalized spacial score (nSPS) is 18.1. The average Bonchev–Trinajstić information content (AvgIpc) is 2.30. The topological polar surface area (TPSA) is 71.3 Å². The van der Waals surface area contributed by atoms with Crippen molar-refractivity contribution < 1.29 is 14.3 Å². The molecule has 0 saturated carbocycles. The van der Waals surface area contributed by atoms with E-state index in [1.54, 1.807) is 11.5 Å². The number of anilines is 1. The zero-order valence-electron chi connectivity index (χ0n) is 11.8. The van der Waals surface area contributed by atoms with E-state index in [1.165, 1.54) is 6.20 Å². The molecule has 1 aliphatic heterocycles. The number of halogens is 1. The minimum Gasteiger partial charge on any atom is -0.477 e. The third-order valence-corrected chi connectivity index (χ3v) is 3.25. The number of aromatic nitrogens is 1. The molecule has 6 heteroatoms. The number of pyridine rings is 1. The lowest BCUT2D eigenvalue weighted by molar-refractivity contribution is 0.0694. The number of carbonyl (C=O) groups is 1. The Labute approximate surface area is 115 Å². The number of fused-ring (bicyclic) bond motifs is 1. The summed E-state index contributed by atoms with van der Waals surface area (Å²) in [5, 5.41) is 12.0. The van der Waals surface area contributed by atoms with E-state index >= 15 is 0 Å². The van der Waals surface area contributed by atoms with Gasteiger partial charge in [0.25, 0.3) is 0 Å². The lowest BCUT2D eigenvalue weighted by Crippen LogP contribution is -2.35. The predicted molar refractivity (Wildman–Crippen MR) is 74.8 cm³/mol.